The molecule has 31 heavy (non-hydrogen) atoms. The molecule has 2 unspecified atom stereocenters. The monoisotopic (exact) mass is 524 g/mol. The molecule has 182 valence electrons. The zero-order valence-corrected chi connectivity index (χ0v) is 22.9. The largest absolute Gasteiger partial charge is 2.00 e. The average molecular weight is 526 g/mol. The van der Waals surface area contributed by atoms with Crippen molar-refractivity contribution in [1.29, 1.82) is 0 Å². The van der Waals surface area contributed by atoms with E-state index in [4.69, 9.17) is 10.2 Å². The van der Waals surface area contributed by atoms with E-state index in [2.05, 4.69) is 0 Å². The normalized spacial score (nSPS) is 11.2. The number of carboxylic acid groups (broad SMARTS) is 2. The summed E-state index contributed by atoms with van der Waals surface area (Å²) in [7, 11) is 0. The van der Waals surface area contributed by atoms with Crippen LogP contribution in [-0.4, -0.2) is 45.9 Å². The van der Waals surface area contributed by atoms with Crippen LogP contribution >= 0.6 is 0 Å². The molecule has 0 rings (SSSR count). The van der Waals surface area contributed by atoms with Crippen molar-refractivity contribution in [2.24, 2.45) is 11.8 Å². The second kappa shape index (κ2) is 27.1. The van der Waals surface area contributed by atoms with Crippen LogP contribution in [0.15, 0.2) is 0 Å². The number of aliphatic hydroxyl groups is 2. The summed E-state index contributed by atoms with van der Waals surface area (Å²) >= 11 is 0. The average Bonchev–Trinajstić information content (AvgIpc) is 2.53. The number of carboxylic acids is 2. The first-order valence-corrected chi connectivity index (χ1v) is 10.4. The van der Waals surface area contributed by atoms with Gasteiger partial charge in [0.05, 0.1) is 23.8 Å². The van der Waals surface area contributed by atoms with Crippen molar-refractivity contribution in [3.8, 4) is 0 Å². The zero-order chi connectivity index (χ0) is 24.9. The van der Waals surface area contributed by atoms with E-state index in [-0.39, 0.29) is 50.0 Å². The van der Waals surface area contributed by atoms with Gasteiger partial charge in [-0.3, -0.25) is 9.59 Å². The molecular weight excluding hydrogens is 483 g/mol. The second-order valence-electron chi connectivity index (χ2n) is 7.44. The number of Topliss-reactive ketones (excluding diaryl/α,β-unsaturated/α-hetero) is 2. The van der Waals surface area contributed by atoms with Gasteiger partial charge >= 0.3 is 26.2 Å². The summed E-state index contributed by atoms with van der Waals surface area (Å²) < 4.78 is 0. The number of aliphatic carboxylic acids is 2. The van der Waals surface area contributed by atoms with E-state index in [1.165, 1.54) is 13.8 Å². The molecule has 0 aromatic rings. The van der Waals surface area contributed by atoms with E-state index in [1.807, 2.05) is 13.8 Å². The number of hydrogen-bond donors (Lipinski definition) is 2. The molecular formula is C22H42O8Zr. The summed E-state index contributed by atoms with van der Waals surface area (Å²) in [6, 6.07) is 0. The molecule has 0 radical (unpaired) electrons. The molecule has 0 amide bonds. The first-order chi connectivity index (χ1) is 13.6. The van der Waals surface area contributed by atoms with E-state index >= 15 is 0 Å². The Morgan fingerprint density at radius 2 is 0.871 bits per heavy atom. The van der Waals surface area contributed by atoms with E-state index in [1.54, 1.807) is 27.7 Å². The standard InChI is InChI=1S/2C8H14O3.2C3H8O.Zr/c2*1-3-4-5-7(6(2)9)8(10)11;2*1-3(2)4;/h2*7H,3-5H2,1-2H3,(H,10,11);2*3-4H,1-2H3;/q;;;;+2/p-2. The zero-order valence-electron chi connectivity index (χ0n) is 20.4. The Balaban J connectivity index is -0.000000106. The van der Waals surface area contributed by atoms with Gasteiger partial charge in [-0.05, 0) is 54.4 Å². The van der Waals surface area contributed by atoms with Crippen molar-refractivity contribution in [2.75, 3.05) is 0 Å². The molecule has 9 heteroatoms. The summed E-state index contributed by atoms with van der Waals surface area (Å²) in [4.78, 5) is 42.0. The van der Waals surface area contributed by atoms with Crippen molar-refractivity contribution in [1.82, 2.24) is 0 Å². The topological polar surface area (TPSA) is 155 Å². The van der Waals surface area contributed by atoms with Gasteiger partial charge in [-0.25, -0.2) is 0 Å². The van der Waals surface area contributed by atoms with Crippen LogP contribution in [0.25, 0.3) is 0 Å². The van der Waals surface area contributed by atoms with Gasteiger partial charge in [-0.2, -0.15) is 0 Å². The Bertz CT molecular complexity index is 389. The molecule has 0 aliphatic carbocycles. The maximum atomic E-state index is 10.7. The molecule has 2 N–H and O–H groups in total. The Kier molecular flexibility index (Phi) is 35.4. The molecule has 0 bridgehead atoms. The Labute approximate surface area is 206 Å². The molecule has 0 aromatic carbocycles. The third-order valence-electron chi connectivity index (χ3n) is 3.24. The quantitative estimate of drug-likeness (QED) is 0.401. The summed E-state index contributed by atoms with van der Waals surface area (Å²) in [6.45, 7) is 13.4. The number of ketones is 2. The van der Waals surface area contributed by atoms with E-state index in [9.17, 15) is 29.4 Å². The smallest absolute Gasteiger partial charge is 0.549 e. The van der Waals surface area contributed by atoms with Crippen molar-refractivity contribution in [3.63, 3.8) is 0 Å². The minimum Gasteiger partial charge on any atom is -0.549 e. The van der Waals surface area contributed by atoms with Crippen LogP contribution in [0.3, 0.4) is 0 Å². The molecule has 0 aromatic heterocycles. The molecule has 0 aliphatic heterocycles. The first kappa shape index (κ1) is 40.4. The molecule has 0 spiro atoms. The summed E-state index contributed by atoms with van der Waals surface area (Å²) in [5, 5.41) is 36.7. The van der Waals surface area contributed by atoms with Gasteiger partial charge in [0.2, 0.25) is 0 Å². The number of hydrogen-bond acceptors (Lipinski definition) is 8. The van der Waals surface area contributed by atoms with Crippen molar-refractivity contribution in [2.45, 2.75) is 106 Å². The van der Waals surface area contributed by atoms with Gasteiger partial charge in [-0.1, -0.05) is 39.5 Å². The number of carbonyl (C=O) groups is 4. The van der Waals surface area contributed by atoms with Crippen LogP contribution in [-0.2, 0) is 45.4 Å². The van der Waals surface area contributed by atoms with Crippen molar-refractivity contribution in [3.05, 3.63) is 0 Å². The SMILES string of the molecule is CC(C)O.CC(C)O.CCCCC(C(C)=O)C(=O)[O-].CCCCC(C(C)=O)C(=O)[O-].[Zr+2]. The van der Waals surface area contributed by atoms with Crippen LogP contribution in [0.4, 0.5) is 0 Å². The van der Waals surface area contributed by atoms with Crippen LogP contribution in [0.5, 0.6) is 0 Å². The molecule has 0 saturated carbocycles. The van der Waals surface area contributed by atoms with Crippen LogP contribution in [0.2, 0.25) is 0 Å². The molecule has 0 aliphatic rings. The summed E-state index contributed by atoms with van der Waals surface area (Å²) in [5.74, 6) is -4.89. The number of rotatable bonds is 10. The van der Waals surface area contributed by atoms with Gasteiger partial charge < -0.3 is 30.0 Å². The predicted octanol–water partition coefficient (Wildman–Crippen LogP) is 1.04. The van der Waals surface area contributed by atoms with E-state index in [0.717, 1.165) is 25.7 Å². The summed E-state index contributed by atoms with van der Waals surface area (Å²) in [5.41, 5.74) is 0. The van der Waals surface area contributed by atoms with Crippen LogP contribution < -0.4 is 10.2 Å². The Hall–Kier alpha value is -0.917. The van der Waals surface area contributed by atoms with Gasteiger partial charge in [0, 0.05) is 12.2 Å². The molecule has 8 nitrogen and oxygen atoms in total. The van der Waals surface area contributed by atoms with Gasteiger partial charge in [0.1, 0.15) is 11.6 Å². The number of carbonyl (C=O) groups excluding carboxylic acids is 4. The number of unbranched alkanes of at least 4 members (excludes halogenated alkanes) is 2. The number of aliphatic hydroxyl groups excluding tert-OH is 2. The maximum Gasteiger partial charge on any atom is 2.00 e. The van der Waals surface area contributed by atoms with E-state index < -0.39 is 23.8 Å². The van der Waals surface area contributed by atoms with Gasteiger partial charge in [-0.15, -0.1) is 0 Å². The molecule has 0 saturated heterocycles. The second-order valence-corrected chi connectivity index (χ2v) is 7.44. The third-order valence-corrected chi connectivity index (χ3v) is 3.24. The maximum absolute atomic E-state index is 10.7. The molecule has 0 heterocycles. The van der Waals surface area contributed by atoms with E-state index in [0.29, 0.717) is 12.8 Å². The van der Waals surface area contributed by atoms with Crippen molar-refractivity contribution >= 4 is 23.5 Å². The molecule has 0 fully saturated rings. The minimum atomic E-state index is -1.24. The van der Waals surface area contributed by atoms with Gasteiger partial charge in [0.25, 0.3) is 0 Å². The van der Waals surface area contributed by atoms with Gasteiger partial charge in [0.15, 0.2) is 0 Å². The fraction of sp³-hybridized carbons (Fsp3) is 0.818. The minimum absolute atomic E-state index is 0. The Morgan fingerprint density at radius 1 is 0.677 bits per heavy atom. The first-order valence-electron chi connectivity index (χ1n) is 10.4. The third kappa shape index (κ3) is 40.0. The summed E-state index contributed by atoms with van der Waals surface area (Å²) in [6.07, 6.45) is 3.81. The fourth-order valence-electron chi connectivity index (χ4n) is 1.79. The molecule has 2 atom stereocenters. The Morgan fingerprint density at radius 3 is 0.968 bits per heavy atom. The van der Waals surface area contributed by atoms with Crippen molar-refractivity contribution < 1.29 is 65.8 Å². The van der Waals surface area contributed by atoms with Crippen LogP contribution in [0.1, 0.15) is 93.9 Å². The fourth-order valence-corrected chi connectivity index (χ4v) is 1.79. The predicted molar refractivity (Wildman–Crippen MR) is 112 cm³/mol. The van der Waals surface area contributed by atoms with Crippen LogP contribution in [0, 0.1) is 11.8 Å².